The number of carbonyl (C=O) groups excluding carboxylic acids is 1. The van der Waals surface area contributed by atoms with Crippen LogP contribution >= 0.6 is 22.7 Å². The fourth-order valence-electron chi connectivity index (χ4n) is 2.46. The summed E-state index contributed by atoms with van der Waals surface area (Å²) in [5, 5.41) is 13.7. The number of rotatable bonds is 5. The Hall–Kier alpha value is -1.92. The molecule has 6 heteroatoms. The highest BCUT2D eigenvalue weighted by Gasteiger charge is 2.19. The lowest BCUT2D eigenvalue weighted by atomic mass is 10.1. The molecule has 0 saturated heterocycles. The Morgan fingerprint density at radius 2 is 2.23 bits per heavy atom. The molecule has 22 heavy (non-hydrogen) atoms. The third-order valence-electron chi connectivity index (χ3n) is 3.47. The maximum atomic E-state index is 12.2. The van der Waals surface area contributed by atoms with Gasteiger partial charge in [-0.05, 0) is 53.8 Å². The molecule has 0 bridgehead atoms. The van der Waals surface area contributed by atoms with Gasteiger partial charge in [-0.15, -0.1) is 11.3 Å². The number of hydrogen-bond donors (Lipinski definition) is 1. The van der Waals surface area contributed by atoms with Gasteiger partial charge in [0, 0.05) is 12.2 Å². The Kier molecular flexibility index (Phi) is 4.40. The molecule has 0 aliphatic rings. The van der Waals surface area contributed by atoms with Crippen LogP contribution in [0.15, 0.2) is 40.4 Å². The van der Waals surface area contributed by atoms with Crippen LogP contribution in [0.5, 0.6) is 0 Å². The minimum absolute atomic E-state index is 0.0175. The molecule has 0 spiro atoms. The van der Waals surface area contributed by atoms with Gasteiger partial charge in [-0.1, -0.05) is 6.07 Å². The van der Waals surface area contributed by atoms with E-state index in [0.717, 1.165) is 16.3 Å². The summed E-state index contributed by atoms with van der Waals surface area (Å²) in [6.07, 6.45) is 0. The van der Waals surface area contributed by atoms with Crippen LogP contribution in [0.3, 0.4) is 0 Å². The van der Waals surface area contributed by atoms with Gasteiger partial charge >= 0.3 is 0 Å². The molecule has 114 valence electrons. The van der Waals surface area contributed by atoms with E-state index in [2.05, 4.69) is 33.3 Å². The summed E-state index contributed by atoms with van der Waals surface area (Å²) in [6, 6.07) is 7.88. The van der Waals surface area contributed by atoms with Crippen molar-refractivity contribution in [1.82, 2.24) is 15.1 Å². The van der Waals surface area contributed by atoms with Gasteiger partial charge < -0.3 is 5.32 Å². The lowest BCUT2D eigenvalue weighted by Gasteiger charge is -2.19. The van der Waals surface area contributed by atoms with Crippen molar-refractivity contribution >= 4 is 28.6 Å². The monoisotopic (exact) mass is 331 g/mol. The smallest absolute Gasteiger partial charge is 0.261 e. The van der Waals surface area contributed by atoms with Crippen molar-refractivity contribution in [3.63, 3.8) is 0 Å². The summed E-state index contributed by atoms with van der Waals surface area (Å²) in [4.78, 5) is 12.9. The zero-order valence-electron chi connectivity index (χ0n) is 12.4. The predicted octanol–water partition coefficient (Wildman–Crippen LogP) is 3.64. The Balaban J connectivity index is 1.81. The van der Waals surface area contributed by atoms with E-state index in [1.54, 1.807) is 11.3 Å². The fraction of sp³-hybridized carbons (Fsp3) is 0.250. The van der Waals surface area contributed by atoms with Gasteiger partial charge in [0.1, 0.15) is 0 Å². The quantitative estimate of drug-likeness (QED) is 0.776. The molecule has 0 saturated carbocycles. The molecule has 0 unspecified atom stereocenters. The highest BCUT2D eigenvalue weighted by atomic mass is 32.1. The van der Waals surface area contributed by atoms with Crippen molar-refractivity contribution < 1.29 is 4.79 Å². The number of thiophene rings is 2. The second-order valence-corrected chi connectivity index (χ2v) is 6.86. The van der Waals surface area contributed by atoms with E-state index in [9.17, 15) is 4.79 Å². The van der Waals surface area contributed by atoms with Crippen LogP contribution in [0.4, 0.5) is 0 Å². The van der Waals surface area contributed by atoms with Crippen LogP contribution in [0.25, 0.3) is 0 Å². The number of nitrogens with zero attached hydrogens (tertiary/aromatic N) is 2. The van der Waals surface area contributed by atoms with Crippen LogP contribution in [0.1, 0.15) is 32.7 Å². The number of aryl methyl sites for hydroxylation is 2. The van der Waals surface area contributed by atoms with Gasteiger partial charge in [-0.3, -0.25) is 9.48 Å². The maximum Gasteiger partial charge on any atom is 0.261 e. The topological polar surface area (TPSA) is 46.9 Å². The van der Waals surface area contributed by atoms with Gasteiger partial charge in [0.15, 0.2) is 0 Å². The summed E-state index contributed by atoms with van der Waals surface area (Å²) in [5.74, 6) is -0.0308. The van der Waals surface area contributed by atoms with E-state index in [0.29, 0.717) is 6.54 Å². The van der Waals surface area contributed by atoms with Gasteiger partial charge in [0.05, 0.1) is 16.6 Å². The van der Waals surface area contributed by atoms with E-state index in [1.807, 2.05) is 36.0 Å². The van der Waals surface area contributed by atoms with Crippen LogP contribution < -0.4 is 5.32 Å². The van der Waals surface area contributed by atoms with Gasteiger partial charge in [0.2, 0.25) is 0 Å². The standard InChI is InChI=1S/C16H17N3OS2/c1-11-8-12(2)19(18-11)14(13-5-7-21-10-13)9-17-16(20)15-4-3-6-22-15/h3-8,10,14H,9H2,1-2H3,(H,17,20)/t14-/m0/s1. The lowest BCUT2D eigenvalue weighted by Crippen LogP contribution is -2.31. The Labute approximate surface area is 137 Å². The third kappa shape index (κ3) is 3.13. The molecule has 3 aromatic rings. The molecule has 4 nitrogen and oxygen atoms in total. The average molecular weight is 331 g/mol. The van der Waals surface area contributed by atoms with Crippen molar-refractivity contribution in [2.45, 2.75) is 19.9 Å². The van der Waals surface area contributed by atoms with E-state index in [1.165, 1.54) is 16.9 Å². The fourth-order valence-corrected chi connectivity index (χ4v) is 3.80. The Morgan fingerprint density at radius 3 is 2.82 bits per heavy atom. The number of nitrogens with one attached hydrogen (secondary N) is 1. The molecule has 0 radical (unpaired) electrons. The van der Waals surface area contributed by atoms with Crippen molar-refractivity contribution in [3.05, 3.63) is 62.2 Å². The molecule has 1 amide bonds. The van der Waals surface area contributed by atoms with Crippen LogP contribution in [-0.4, -0.2) is 22.2 Å². The number of hydrogen-bond acceptors (Lipinski definition) is 4. The number of aromatic nitrogens is 2. The van der Waals surface area contributed by atoms with Crippen molar-refractivity contribution in [2.24, 2.45) is 0 Å². The summed E-state index contributed by atoms with van der Waals surface area (Å²) >= 11 is 3.11. The molecular weight excluding hydrogens is 314 g/mol. The Bertz CT molecular complexity index is 745. The largest absolute Gasteiger partial charge is 0.349 e. The van der Waals surface area contributed by atoms with Gasteiger partial charge in [-0.2, -0.15) is 16.4 Å². The van der Waals surface area contributed by atoms with E-state index in [4.69, 9.17) is 0 Å². The number of carbonyl (C=O) groups is 1. The summed E-state index contributed by atoms with van der Waals surface area (Å²) < 4.78 is 1.99. The molecule has 1 atom stereocenters. The lowest BCUT2D eigenvalue weighted by molar-refractivity contribution is 0.0953. The Morgan fingerprint density at radius 1 is 1.36 bits per heavy atom. The average Bonchev–Trinajstić information content (AvgIpc) is 3.22. The van der Waals surface area contributed by atoms with Crippen LogP contribution in [-0.2, 0) is 0 Å². The van der Waals surface area contributed by atoms with Gasteiger partial charge in [0.25, 0.3) is 5.91 Å². The van der Waals surface area contributed by atoms with E-state index >= 15 is 0 Å². The summed E-state index contributed by atoms with van der Waals surface area (Å²) in [6.45, 7) is 4.55. The first-order valence-electron chi connectivity index (χ1n) is 7.01. The normalized spacial score (nSPS) is 12.3. The molecule has 3 rings (SSSR count). The zero-order valence-corrected chi connectivity index (χ0v) is 14.1. The maximum absolute atomic E-state index is 12.2. The van der Waals surface area contributed by atoms with Crippen molar-refractivity contribution in [1.29, 1.82) is 0 Å². The molecule has 3 heterocycles. The molecule has 3 aromatic heterocycles. The van der Waals surface area contributed by atoms with E-state index < -0.39 is 0 Å². The molecule has 0 aliphatic carbocycles. The highest BCUT2D eigenvalue weighted by Crippen LogP contribution is 2.22. The van der Waals surface area contributed by atoms with Crippen molar-refractivity contribution in [3.8, 4) is 0 Å². The first-order valence-corrected chi connectivity index (χ1v) is 8.84. The second kappa shape index (κ2) is 6.46. The van der Waals surface area contributed by atoms with Crippen LogP contribution in [0.2, 0.25) is 0 Å². The molecular formula is C16H17N3OS2. The molecule has 0 fully saturated rings. The molecule has 0 aliphatic heterocycles. The van der Waals surface area contributed by atoms with Crippen LogP contribution in [0, 0.1) is 13.8 Å². The second-order valence-electron chi connectivity index (χ2n) is 5.13. The molecule has 1 N–H and O–H groups in total. The number of amides is 1. The SMILES string of the molecule is Cc1cc(C)n([C@@H](CNC(=O)c2cccs2)c2ccsc2)n1. The first kappa shape index (κ1) is 15.0. The first-order chi connectivity index (χ1) is 10.6. The van der Waals surface area contributed by atoms with Crippen molar-refractivity contribution in [2.75, 3.05) is 6.54 Å². The summed E-state index contributed by atoms with van der Waals surface area (Å²) in [7, 11) is 0. The minimum atomic E-state index is -0.0308. The molecule has 0 aromatic carbocycles. The summed E-state index contributed by atoms with van der Waals surface area (Å²) in [5.41, 5.74) is 3.25. The minimum Gasteiger partial charge on any atom is -0.349 e. The predicted molar refractivity (Wildman–Crippen MR) is 90.8 cm³/mol. The van der Waals surface area contributed by atoms with E-state index in [-0.39, 0.29) is 11.9 Å². The highest BCUT2D eigenvalue weighted by molar-refractivity contribution is 7.12. The van der Waals surface area contributed by atoms with Gasteiger partial charge in [-0.25, -0.2) is 0 Å². The third-order valence-corrected chi connectivity index (χ3v) is 5.04. The zero-order chi connectivity index (χ0) is 15.5.